The number of nitrogens with two attached hydrogens (primary N) is 1. The van der Waals surface area contributed by atoms with Gasteiger partial charge < -0.3 is 26.6 Å². The highest BCUT2D eigenvalue weighted by Crippen LogP contribution is 2.56. The van der Waals surface area contributed by atoms with E-state index in [0.717, 1.165) is 32.1 Å². The number of pyridine rings is 2. The maximum absolute atomic E-state index is 12.0. The number of hydrogen-bond donors (Lipinski definition) is 5. The van der Waals surface area contributed by atoms with Gasteiger partial charge >= 0.3 is 5.97 Å². The number of carbonyl (C=O) groups is 2. The number of carboxylic acid groups (broad SMARTS) is 1. The molecular formula is C22H25N5O4. The Morgan fingerprint density at radius 2 is 1.77 bits per heavy atom. The molecule has 4 saturated carbocycles. The van der Waals surface area contributed by atoms with Crippen LogP contribution < -0.4 is 16.4 Å². The number of aliphatic hydroxyl groups is 1. The fraction of sp³-hybridized carbons (Fsp3) is 0.455. The van der Waals surface area contributed by atoms with Gasteiger partial charge in [0.1, 0.15) is 11.6 Å². The van der Waals surface area contributed by atoms with Crippen LogP contribution in [-0.2, 0) is 0 Å². The third-order valence-electron chi connectivity index (χ3n) is 7.00. The van der Waals surface area contributed by atoms with E-state index in [1.54, 1.807) is 12.1 Å². The zero-order chi connectivity index (χ0) is 21.8. The molecule has 4 bridgehead atoms. The lowest BCUT2D eigenvalue weighted by molar-refractivity contribution is -0.129. The lowest BCUT2D eigenvalue weighted by Gasteiger charge is -2.58. The lowest BCUT2D eigenvalue weighted by atomic mass is 9.52. The lowest BCUT2D eigenvalue weighted by Crippen LogP contribution is -2.59. The molecule has 0 spiro atoms. The Hall–Kier alpha value is -3.20. The highest BCUT2D eigenvalue weighted by Gasteiger charge is 2.54. The average Bonchev–Trinajstić information content (AvgIpc) is 2.70. The smallest absolute Gasteiger partial charge is 0.337 e. The summed E-state index contributed by atoms with van der Waals surface area (Å²) in [5, 5.41) is 26.4. The summed E-state index contributed by atoms with van der Waals surface area (Å²) in [7, 11) is 0. The van der Waals surface area contributed by atoms with Crippen molar-refractivity contribution in [3.05, 3.63) is 41.7 Å². The Labute approximate surface area is 179 Å². The zero-order valence-corrected chi connectivity index (χ0v) is 16.9. The molecule has 9 heteroatoms. The Balaban J connectivity index is 1.39. The van der Waals surface area contributed by atoms with E-state index < -0.39 is 17.5 Å². The summed E-state index contributed by atoms with van der Waals surface area (Å²) in [5.74, 6) is 0.615. The molecule has 0 radical (unpaired) electrons. The predicted octanol–water partition coefficient (Wildman–Crippen LogP) is 2.37. The van der Waals surface area contributed by atoms with Crippen molar-refractivity contribution in [3.8, 4) is 0 Å². The van der Waals surface area contributed by atoms with E-state index in [9.17, 15) is 14.7 Å². The molecule has 0 saturated heterocycles. The van der Waals surface area contributed by atoms with Gasteiger partial charge in [-0.25, -0.2) is 14.8 Å². The second kappa shape index (κ2) is 7.19. The van der Waals surface area contributed by atoms with Gasteiger partial charge in [0.25, 0.3) is 5.91 Å². The topological polar surface area (TPSA) is 150 Å². The van der Waals surface area contributed by atoms with E-state index in [2.05, 4.69) is 20.6 Å². The predicted molar refractivity (Wildman–Crippen MR) is 113 cm³/mol. The molecule has 2 heterocycles. The van der Waals surface area contributed by atoms with E-state index >= 15 is 0 Å². The van der Waals surface area contributed by atoms with Crippen molar-refractivity contribution in [3.63, 3.8) is 0 Å². The molecule has 5 atom stereocenters. The fourth-order valence-electron chi connectivity index (χ4n) is 5.96. The number of carbonyl (C=O) groups excluding carboxylic acids is 1. The molecule has 3 unspecified atom stereocenters. The van der Waals surface area contributed by atoms with Crippen LogP contribution in [0.5, 0.6) is 0 Å². The van der Waals surface area contributed by atoms with E-state index in [0.29, 0.717) is 40.6 Å². The van der Waals surface area contributed by atoms with Gasteiger partial charge in [-0.15, -0.1) is 0 Å². The maximum Gasteiger partial charge on any atom is 0.337 e. The molecule has 6 N–H and O–H groups in total. The SMILES string of the molecule is NC(=O)c1cnc(Nc2ccc(C(=O)O)cn2)cc1NC1[C@@H]2CC3C[C@H]1CC(O)(C3)C2. The van der Waals surface area contributed by atoms with Gasteiger partial charge in [0, 0.05) is 24.5 Å². The van der Waals surface area contributed by atoms with Crippen LogP contribution in [0, 0.1) is 17.8 Å². The third-order valence-corrected chi connectivity index (χ3v) is 7.00. The van der Waals surface area contributed by atoms with Crippen molar-refractivity contribution in [2.24, 2.45) is 23.5 Å². The molecular weight excluding hydrogens is 398 g/mol. The fourth-order valence-corrected chi connectivity index (χ4v) is 5.96. The normalized spacial score (nSPS) is 30.7. The summed E-state index contributed by atoms with van der Waals surface area (Å²) in [6.07, 6.45) is 7.38. The number of aromatic carboxylic acids is 1. The highest BCUT2D eigenvalue weighted by atomic mass is 16.4. The van der Waals surface area contributed by atoms with Crippen molar-refractivity contribution >= 4 is 29.2 Å². The second-order valence-electron chi connectivity index (χ2n) is 9.21. The first kappa shape index (κ1) is 19.7. The van der Waals surface area contributed by atoms with Crippen LogP contribution >= 0.6 is 0 Å². The van der Waals surface area contributed by atoms with Crippen molar-refractivity contribution in [2.75, 3.05) is 10.6 Å². The molecule has 6 rings (SSSR count). The first-order valence-electron chi connectivity index (χ1n) is 10.5. The quantitative estimate of drug-likeness (QED) is 0.475. The van der Waals surface area contributed by atoms with Crippen LogP contribution in [0.1, 0.15) is 52.8 Å². The van der Waals surface area contributed by atoms with Gasteiger partial charge in [0.05, 0.1) is 22.4 Å². The minimum absolute atomic E-state index is 0.0912. The Morgan fingerprint density at radius 1 is 1.06 bits per heavy atom. The van der Waals surface area contributed by atoms with Gasteiger partial charge in [0.15, 0.2) is 0 Å². The molecule has 4 fully saturated rings. The molecule has 2 aromatic rings. The third kappa shape index (κ3) is 3.69. The van der Waals surface area contributed by atoms with Crippen molar-refractivity contribution in [1.82, 2.24) is 9.97 Å². The van der Waals surface area contributed by atoms with Gasteiger partial charge in [0.2, 0.25) is 0 Å². The largest absolute Gasteiger partial charge is 0.478 e. The Morgan fingerprint density at radius 3 is 2.35 bits per heavy atom. The van der Waals surface area contributed by atoms with E-state index in [1.807, 2.05) is 0 Å². The maximum atomic E-state index is 12.0. The van der Waals surface area contributed by atoms with Gasteiger partial charge in [-0.2, -0.15) is 0 Å². The minimum atomic E-state index is -1.05. The average molecular weight is 423 g/mol. The highest BCUT2D eigenvalue weighted by molar-refractivity contribution is 5.98. The molecule has 4 aliphatic rings. The summed E-state index contributed by atoms with van der Waals surface area (Å²) in [4.78, 5) is 31.3. The number of carboxylic acids is 1. The van der Waals surface area contributed by atoms with Crippen LogP contribution in [0.3, 0.4) is 0 Å². The first-order chi connectivity index (χ1) is 14.8. The first-order valence-corrected chi connectivity index (χ1v) is 10.5. The molecule has 4 aliphatic carbocycles. The molecule has 1 amide bonds. The van der Waals surface area contributed by atoms with E-state index in [4.69, 9.17) is 10.8 Å². The van der Waals surface area contributed by atoms with Crippen LogP contribution in [0.4, 0.5) is 17.3 Å². The molecule has 0 aliphatic heterocycles. The van der Waals surface area contributed by atoms with Crippen LogP contribution in [-0.4, -0.2) is 43.7 Å². The number of rotatable bonds is 6. The van der Waals surface area contributed by atoms with Crippen molar-refractivity contribution in [2.45, 2.75) is 43.7 Å². The summed E-state index contributed by atoms with van der Waals surface area (Å²) >= 11 is 0. The molecule has 9 nitrogen and oxygen atoms in total. The van der Waals surface area contributed by atoms with Gasteiger partial charge in [-0.1, -0.05) is 0 Å². The summed E-state index contributed by atoms with van der Waals surface area (Å²) in [6.45, 7) is 0. The monoisotopic (exact) mass is 423 g/mol. The van der Waals surface area contributed by atoms with E-state index in [-0.39, 0.29) is 11.6 Å². The van der Waals surface area contributed by atoms with Crippen LogP contribution in [0.2, 0.25) is 0 Å². The summed E-state index contributed by atoms with van der Waals surface area (Å²) < 4.78 is 0. The Kier molecular flexibility index (Phi) is 4.58. The van der Waals surface area contributed by atoms with Crippen molar-refractivity contribution < 1.29 is 19.8 Å². The number of nitrogens with one attached hydrogen (secondary N) is 2. The molecule has 31 heavy (non-hydrogen) atoms. The second-order valence-corrected chi connectivity index (χ2v) is 9.21. The number of nitrogens with zero attached hydrogens (tertiary/aromatic N) is 2. The number of anilines is 3. The molecule has 2 aromatic heterocycles. The standard InChI is InChI=1S/C22H25N5O4/c23-20(28)15-10-25-18(27-17-2-1-12(9-24-17)21(29)30)5-16(15)26-19-13-3-11-4-14(19)8-22(31,6-11)7-13/h1-2,5,9-11,13-14,19,31H,3-4,6-8H2,(H2,23,28)(H,29,30)(H2,24,25,26,27)/t11?,13-,14+,19?,22?. The summed E-state index contributed by atoms with van der Waals surface area (Å²) in [6, 6.07) is 4.91. The number of amides is 1. The zero-order valence-electron chi connectivity index (χ0n) is 16.9. The minimum Gasteiger partial charge on any atom is -0.478 e. The number of primary amides is 1. The van der Waals surface area contributed by atoms with Gasteiger partial charge in [-0.3, -0.25) is 4.79 Å². The van der Waals surface area contributed by atoms with Crippen LogP contribution in [0.15, 0.2) is 30.6 Å². The number of aromatic nitrogens is 2. The van der Waals surface area contributed by atoms with Gasteiger partial charge in [-0.05, 0) is 62.0 Å². The Bertz CT molecular complexity index is 1020. The number of hydrogen-bond acceptors (Lipinski definition) is 7. The molecule has 162 valence electrons. The molecule has 0 aromatic carbocycles. The van der Waals surface area contributed by atoms with Crippen LogP contribution in [0.25, 0.3) is 0 Å². The summed E-state index contributed by atoms with van der Waals surface area (Å²) in [5.41, 5.74) is 6.07. The van der Waals surface area contributed by atoms with Crippen molar-refractivity contribution in [1.29, 1.82) is 0 Å². The van der Waals surface area contributed by atoms with E-state index in [1.165, 1.54) is 18.5 Å².